The number of rotatable bonds is 6. The molecule has 0 saturated heterocycles. The van der Waals surface area contributed by atoms with E-state index in [-0.39, 0.29) is 18.2 Å². The normalized spacial score (nSPS) is 12.2. The van der Waals surface area contributed by atoms with Gasteiger partial charge in [0.2, 0.25) is 5.91 Å². The van der Waals surface area contributed by atoms with Crippen LogP contribution in [0.15, 0.2) is 35.5 Å². The fourth-order valence-corrected chi connectivity index (χ4v) is 2.04. The summed E-state index contributed by atoms with van der Waals surface area (Å²) in [7, 11) is 0. The van der Waals surface area contributed by atoms with Crippen LogP contribution in [0.4, 0.5) is 0 Å². The predicted molar refractivity (Wildman–Crippen MR) is 75.0 cm³/mol. The van der Waals surface area contributed by atoms with Gasteiger partial charge in [-0.25, -0.2) is 0 Å². The summed E-state index contributed by atoms with van der Waals surface area (Å²) in [4.78, 5) is 12.1. The number of amides is 1. The van der Waals surface area contributed by atoms with Gasteiger partial charge in [0, 0.05) is 0 Å². The van der Waals surface area contributed by atoms with E-state index in [1.54, 1.807) is 0 Å². The highest BCUT2D eigenvalue weighted by atomic mass is 16.4. The third-order valence-electron chi connectivity index (χ3n) is 3.39. The smallest absolute Gasteiger partial charge is 0.225 e. The Balaban J connectivity index is 2.78. The molecule has 5 heteroatoms. The molecule has 0 aliphatic carbocycles. The molecule has 0 heterocycles. The van der Waals surface area contributed by atoms with E-state index in [0.717, 1.165) is 5.56 Å². The lowest BCUT2D eigenvalue weighted by molar-refractivity contribution is -0.121. The number of benzene rings is 1. The van der Waals surface area contributed by atoms with Gasteiger partial charge in [-0.3, -0.25) is 4.79 Å². The maximum absolute atomic E-state index is 12.1. The first kappa shape index (κ1) is 15.0. The molecule has 1 rings (SSSR count). The number of amidine groups is 1. The summed E-state index contributed by atoms with van der Waals surface area (Å²) in [6, 6.07) is 9.46. The Morgan fingerprint density at radius 1 is 1.32 bits per heavy atom. The number of nitrogens with two attached hydrogens (primary N) is 1. The minimum Gasteiger partial charge on any atom is -0.409 e. The molecule has 0 unspecified atom stereocenters. The lowest BCUT2D eigenvalue weighted by Crippen LogP contribution is -2.57. The predicted octanol–water partition coefficient (Wildman–Crippen LogP) is 1.65. The molecule has 0 spiro atoms. The zero-order chi connectivity index (χ0) is 14.3. The first-order valence-electron chi connectivity index (χ1n) is 6.41. The van der Waals surface area contributed by atoms with Crippen molar-refractivity contribution in [2.75, 3.05) is 0 Å². The number of nitrogens with one attached hydrogen (secondary N) is 1. The van der Waals surface area contributed by atoms with Gasteiger partial charge in [-0.05, 0) is 18.4 Å². The van der Waals surface area contributed by atoms with E-state index >= 15 is 0 Å². The molecule has 0 saturated carbocycles. The van der Waals surface area contributed by atoms with Gasteiger partial charge in [-0.2, -0.15) is 0 Å². The molecule has 0 bridgehead atoms. The van der Waals surface area contributed by atoms with Crippen LogP contribution in [-0.2, 0) is 11.2 Å². The molecule has 4 N–H and O–H groups in total. The minimum atomic E-state index is -0.777. The number of hydrogen-bond donors (Lipinski definition) is 3. The summed E-state index contributed by atoms with van der Waals surface area (Å²) < 4.78 is 0. The summed E-state index contributed by atoms with van der Waals surface area (Å²) in [6.45, 7) is 3.79. The minimum absolute atomic E-state index is 0.0407. The molecule has 0 radical (unpaired) electrons. The van der Waals surface area contributed by atoms with E-state index in [4.69, 9.17) is 10.9 Å². The van der Waals surface area contributed by atoms with E-state index in [1.165, 1.54) is 0 Å². The van der Waals surface area contributed by atoms with Gasteiger partial charge in [0.15, 0.2) is 5.84 Å². The maximum atomic E-state index is 12.1. The third kappa shape index (κ3) is 3.71. The second-order valence-electron chi connectivity index (χ2n) is 4.49. The summed E-state index contributed by atoms with van der Waals surface area (Å²) in [6.07, 6.45) is 1.42. The second kappa shape index (κ2) is 6.78. The van der Waals surface area contributed by atoms with E-state index in [2.05, 4.69) is 10.5 Å². The van der Waals surface area contributed by atoms with Gasteiger partial charge >= 0.3 is 0 Å². The fourth-order valence-electron chi connectivity index (χ4n) is 2.04. The van der Waals surface area contributed by atoms with Crippen molar-refractivity contribution in [3.05, 3.63) is 35.9 Å². The molecule has 1 aromatic rings. The Bertz CT molecular complexity index is 439. The van der Waals surface area contributed by atoms with Crippen LogP contribution < -0.4 is 11.1 Å². The summed E-state index contributed by atoms with van der Waals surface area (Å²) in [5.74, 6) is -0.0968. The highest BCUT2D eigenvalue weighted by molar-refractivity contribution is 5.94. The SMILES string of the molecule is CCC(CC)(NC(=O)Cc1ccccc1)/C(N)=N/O. The molecule has 5 nitrogen and oxygen atoms in total. The Hall–Kier alpha value is -2.04. The Labute approximate surface area is 113 Å². The van der Waals surface area contributed by atoms with Crippen LogP contribution in [0.2, 0.25) is 0 Å². The molecule has 0 aromatic heterocycles. The highest BCUT2D eigenvalue weighted by Gasteiger charge is 2.33. The van der Waals surface area contributed by atoms with Crippen molar-refractivity contribution in [1.29, 1.82) is 0 Å². The standard InChI is InChI=1S/C14H21N3O2/c1-3-14(4-2,13(15)17-19)16-12(18)10-11-8-6-5-7-9-11/h5-9,19H,3-4,10H2,1-2H3,(H2,15,17)(H,16,18). The second-order valence-corrected chi connectivity index (χ2v) is 4.49. The first-order chi connectivity index (χ1) is 9.07. The summed E-state index contributed by atoms with van der Waals surface area (Å²) >= 11 is 0. The van der Waals surface area contributed by atoms with E-state index < -0.39 is 5.54 Å². The molecule has 0 atom stereocenters. The number of nitrogens with zero attached hydrogens (tertiary/aromatic N) is 1. The molecule has 0 aliphatic heterocycles. The van der Waals surface area contributed by atoms with Crippen molar-refractivity contribution in [2.24, 2.45) is 10.9 Å². The number of hydrogen-bond acceptors (Lipinski definition) is 3. The lowest BCUT2D eigenvalue weighted by Gasteiger charge is -2.31. The number of carbonyl (C=O) groups excluding carboxylic acids is 1. The molecule has 19 heavy (non-hydrogen) atoms. The molecular formula is C14H21N3O2. The van der Waals surface area contributed by atoms with Gasteiger partial charge in [0.25, 0.3) is 0 Å². The summed E-state index contributed by atoms with van der Waals surface area (Å²) in [5.41, 5.74) is 5.85. The largest absolute Gasteiger partial charge is 0.409 e. The van der Waals surface area contributed by atoms with E-state index in [0.29, 0.717) is 12.8 Å². The Morgan fingerprint density at radius 2 is 1.89 bits per heavy atom. The van der Waals surface area contributed by atoms with Crippen molar-refractivity contribution in [3.63, 3.8) is 0 Å². The molecule has 104 valence electrons. The van der Waals surface area contributed by atoms with Gasteiger partial charge in [-0.15, -0.1) is 0 Å². The van der Waals surface area contributed by atoms with Crippen molar-refractivity contribution >= 4 is 11.7 Å². The van der Waals surface area contributed by atoms with Gasteiger partial charge in [0.1, 0.15) is 5.54 Å². The molecular weight excluding hydrogens is 242 g/mol. The highest BCUT2D eigenvalue weighted by Crippen LogP contribution is 2.16. The monoisotopic (exact) mass is 263 g/mol. The fraction of sp³-hybridized carbons (Fsp3) is 0.429. The summed E-state index contributed by atoms with van der Waals surface area (Å²) in [5, 5.41) is 14.8. The molecule has 1 aromatic carbocycles. The van der Waals surface area contributed by atoms with Crippen molar-refractivity contribution < 1.29 is 10.0 Å². The topological polar surface area (TPSA) is 87.7 Å². The van der Waals surface area contributed by atoms with Crippen LogP contribution in [0, 0.1) is 0 Å². The van der Waals surface area contributed by atoms with E-state index in [1.807, 2.05) is 44.2 Å². The van der Waals surface area contributed by atoms with Crippen LogP contribution in [0.5, 0.6) is 0 Å². The molecule has 0 fully saturated rings. The van der Waals surface area contributed by atoms with Crippen LogP contribution >= 0.6 is 0 Å². The molecule has 1 amide bonds. The molecule has 0 aliphatic rings. The van der Waals surface area contributed by atoms with Crippen LogP contribution in [0.1, 0.15) is 32.3 Å². The Morgan fingerprint density at radius 3 is 2.37 bits per heavy atom. The van der Waals surface area contributed by atoms with Crippen molar-refractivity contribution in [3.8, 4) is 0 Å². The van der Waals surface area contributed by atoms with Crippen LogP contribution in [0.3, 0.4) is 0 Å². The number of oxime groups is 1. The average molecular weight is 263 g/mol. The van der Waals surface area contributed by atoms with Crippen molar-refractivity contribution in [1.82, 2.24) is 5.32 Å². The maximum Gasteiger partial charge on any atom is 0.225 e. The zero-order valence-corrected chi connectivity index (χ0v) is 11.4. The van der Waals surface area contributed by atoms with E-state index in [9.17, 15) is 4.79 Å². The lowest BCUT2D eigenvalue weighted by atomic mass is 9.91. The quantitative estimate of drug-likeness (QED) is 0.315. The number of carbonyl (C=O) groups is 1. The average Bonchev–Trinajstić information content (AvgIpc) is 2.45. The zero-order valence-electron chi connectivity index (χ0n) is 11.4. The van der Waals surface area contributed by atoms with Crippen LogP contribution in [-0.4, -0.2) is 22.5 Å². The third-order valence-corrected chi connectivity index (χ3v) is 3.39. The van der Waals surface area contributed by atoms with Crippen molar-refractivity contribution in [2.45, 2.75) is 38.6 Å². The van der Waals surface area contributed by atoms with Gasteiger partial charge in [0.05, 0.1) is 6.42 Å². The Kier molecular flexibility index (Phi) is 5.36. The van der Waals surface area contributed by atoms with Crippen LogP contribution in [0.25, 0.3) is 0 Å². The first-order valence-corrected chi connectivity index (χ1v) is 6.41. The van der Waals surface area contributed by atoms with Gasteiger partial charge in [-0.1, -0.05) is 49.3 Å². The van der Waals surface area contributed by atoms with Gasteiger partial charge < -0.3 is 16.3 Å².